The first-order valence-corrected chi connectivity index (χ1v) is 3.13. The lowest BCUT2D eigenvalue weighted by Crippen LogP contribution is -1.65. The van der Waals surface area contributed by atoms with E-state index in [1.165, 1.54) is 5.57 Å². The third kappa shape index (κ3) is 5.09. The van der Waals surface area contributed by atoms with E-state index < -0.39 is 0 Å². The van der Waals surface area contributed by atoms with Crippen LogP contribution in [0.5, 0.6) is 0 Å². The molecule has 0 amide bonds. The maximum atomic E-state index is 3.75. The normalized spacial score (nSPS) is 12.6. The molecule has 0 radical (unpaired) electrons. The van der Waals surface area contributed by atoms with Gasteiger partial charge in [0.2, 0.25) is 0 Å². The molecule has 9 heavy (non-hydrogen) atoms. The van der Waals surface area contributed by atoms with Crippen molar-refractivity contribution >= 4 is 0 Å². The van der Waals surface area contributed by atoms with Crippen molar-refractivity contribution in [3.63, 3.8) is 0 Å². The van der Waals surface area contributed by atoms with E-state index in [1.54, 1.807) is 0 Å². The summed E-state index contributed by atoms with van der Waals surface area (Å²) in [5, 5.41) is 0. The van der Waals surface area contributed by atoms with Crippen molar-refractivity contribution in [2.75, 3.05) is 0 Å². The molecule has 0 nitrogen and oxygen atoms in total. The van der Waals surface area contributed by atoms with Gasteiger partial charge in [-0.3, -0.25) is 0 Å². The zero-order valence-corrected chi connectivity index (χ0v) is 6.44. The number of hydrogen-bond acceptors (Lipinski definition) is 0. The van der Waals surface area contributed by atoms with E-state index >= 15 is 0 Å². The summed E-state index contributed by atoms with van der Waals surface area (Å²) >= 11 is 0. The fourth-order valence-corrected chi connectivity index (χ4v) is 0.370. The van der Waals surface area contributed by atoms with Crippen LogP contribution in [0.4, 0.5) is 0 Å². The third-order valence-corrected chi connectivity index (χ3v) is 1.09. The Labute approximate surface area is 57.6 Å². The zero-order valence-electron chi connectivity index (χ0n) is 6.44. The van der Waals surface area contributed by atoms with Crippen molar-refractivity contribution < 1.29 is 0 Å². The van der Waals surface area contributed by atoms with Gasteiger partial charge in [0.25, 0.3) is 0 Å². The molecule has 0 N–H and O–H groups in total. The summed E-state index contributed by atoms with van der Waals surface area (Å²) in [6.07, 6.45) is 6.14. The molecular formula is C9H14. The lowest BCUT2D eigenvalue weighted by molar-refractivity contribution is 1.45. The van der Waals surface area contributed by atoms with Gasteiger partial charge >= 0.3 is 0 Å². The van der Waals surface area contributed by atoms with Gasteiger partial charge in [-0.15, -0.1) is 0 Å². The van der Waals surface area contributed by atoms with E-state index in [0.717, 1.165) is 5.57 Å². The van der Waals surface area contributed by atoms with Crippen LogP contribution in [0.15, 0.2) is 36.0 Å². The summed E-state index contributed by atoms with van der Waals surface area (Å²) in [7, 11) is 0. The van der Waals surface area contributed by atoms with Crippen LogP contribution in [-0.4, -0.2) is 0 Å². The Morgan fingerprint density at radius 3 is 2.11 bits per heavy atom. The van der Waals surface area contributed by atoms with Crippen molar-refractivity contribution in [3.05, 3.63) is 36.0 Å². The minimum Gasteiger partial charge on any atom is -0.0961 e. The van der Waals surface area contributed by atoms with Gasteiger partial charge in [-0.1, -0.05) is 36.0 Å². The first kappa shape index (κ1) is 8.22. The van der Waals surface area contributed by atoms with E-state index in [9.17, 15) is 0 Å². The second-order valence-electron chi connectivity index (χ2n) is 2.21. The Morgan fingerprint density at radius 2 is 1.78 bits per heavy atom. The summed E-state index contributed by atoms with van der Waals surface area (Å²) in [5.41, 5.74) is 2.37. The quantitative estimate of drug-likeness (QED) is 0.494. The topological polar surface area (TPSA) is 0 Å². The molecule has 0 aliphatic carbocycles. The van der Waals surface area contributed by atoms with Crippen molar-refractivity contribution in [1.82, 2.24) is 0 Å². The largest absolute Gasteiger partial charge is 0.0961 e. The van der Waals surface area contributed by atoms with Gasteiger partial charge in [-0.05, 0) is 20.8 Å². The van der Waals surface area contributed by atoms with Crippen LogP contribution in [0.1, 0.15) is 20.8 Å². The summed E-state index contributed by atoms with van der Waals surface area (Å²) < 4.78 is 0. The monoisotopic (exact) mass is 122 g/mol. The van der Waals surface area contributed by atoms with E-state index in [1.807, 2.05) is 19.9 Å². The lowest BCUT2D eigenvalue weighted by atomic mass is 10.2. The molecule has 0 fully saturated rings. The molecule has 0 aliphatic rings. The minimum atomic E-state index is 1.09. The minimum absolute atomic E-state index is 1.09. The molecule has 0 aromatic rings. The molecule has 0 spiro atoms. The molecular weight excluding hydrogens is 108 g/mol. The SMILES string of the molecule is C=C(C)/C=C/C(C)=C\C. The van der Waals surface area contributed by atoms with E-state index in [0.29, 0.717) is 0 Å². The third-order valence-electron chi connectivity index (χ3n) is 1.09. The molecule has 0 aliphatic heterocycles. The Hall–Kier alpha value is -0.780. The fraction of sp³-hybridized carbons (Fsp3) is 0.333. The number of rotatable bonds is 2. The van der Waals surface area contributed by atoms with Gasteiger partial charge in [0, 0.05) is 0 Å². The van der Waals surface area contributed by atoms with Crippen molar-refractivity contribution in [2.24, 2.45) is 0 Å². The van der Waals surface area contributed by atoms with Gasteiger partial charge in [0.05, 0.1) is 0 Å². The molecule has 0 aromatic heterocycles. The van der Waals surface area contributed by atoms with Gasteiger partial charge in [0.1, 0.15) is 0 Å². The van der Waals surface area contributed by atoms with Gasteiger partial charge in [0.15, 0.2) is 0 Å². The number of allylic oxidation sites excluding steroid dienone is 5. The van der Waals surface area contributed by atoms with Crippen LogP contribution in [-0.2, 0) is 0 Å². The van der Waals surface area contributed by atoms with Crippen LogP contribution >= 0.6 is 0 Å². The maximum absolute atomic E-state index is 3.75. The fourth-order valence-electron chi connectivity index (χ4n) is 0.370. The molecule has 0 bridgehead atoms. The highest BCUT2D eigenvalue weighted by Crippen LogP contribution is 1.97. The molecule has 0 aromatic carbocycles. The second-order valence-corrected chi connectivity index (χ2v) is 2.21. The summed E-state index contributed by atoms with van der Waals surface area (Å²) in [6, 6.07) is 0. The molecule has 0 unspecified atom stereocenters. The highest BCUT2D eigenvalue weighted by Gasteiger charge is 1.75. The van der Waals surface area contributed by atoms with E-state index in [-0.39, 0.29) is 0 Å². The highest BCUT2D eigenvalue weighted by atomic mass is 13.8. The van der Waals surface area contributed by atoms with Crippen LogP contribution in [0.3, 0.4) is 0 Å². The van der Waals surface area contributed by atoms with Gasteiger partial charge in [-0.2, -0.15) is 0 Å². The summed E-state index contributed by atoms with van der Waals surface area (Å²) in [4.78, 5) is 0. The Bertz CT molecular complexity index is 147. The van der Waals surface area contributed by atoms with E-state index in [4.69, 9.17) is 0 Å². The highest BCUT2D eigenvalue weighted by molar-refractivity contribution is 5.22. The standard InChI is InChI=1S/C9H14/c1-5-9(4)7-6-8(2)3/h5-7H,2H2,1,3-4H3/b7-6+,9-5-. The van der Waals surface area contributed by atoms with Gasteiger partial charge in [-0.25, -0.2) is 0 Å². The smallest absolute Gasteiger partial charge is 0.0401 e. The van der Waals surface area contributed by atoms with E-state index in [2.05, 4.69) is 25.7 Å². The molecule has 0 saturated carbocycles. The van der Waals surface area contributed by atoms with Crippen molar-refractivity contribution in [3.8, 4) is 0 Å². The molecule has 0 heteroatoms. The lowest BCUT2D eigenvalue weighted by Gasteiger charge is -1.86. The van der Waals surface area contributed by atoms with Crippen LogP contribution in [0.2, 0.25) is 0 Å². The summed E-state index contributed by atoms with van der Waals surface area (Å²) in [5.74, 6) is 0. The predicted octanol–water partition coefficient (Wildman–Crippen LogP) is 3.08. The second kappa shape index (κ2) is 4.13. The molecule has 0 rings (SSSR count). The Morgan fingerprint density at radius 1 is 1.22 bits per heavy atom. The molecule has 0 saturated heterocycles. The Kier molecular flexibility index (Phi) is 3.78. The summed E-state index contributed by atoms with van der Waals surface area (Å²) in [6.45, 7) is 9.83. The molecule has 50 valence electrons. The maximum Gasteiger partial charge on any atom is -0.0401 e. The van der Waals surface area contributed by atoms with Crippen LogP contribution in [0.25, 0.3) is 0 Å². The average molecular weight is 122 g/mol. The van der Waals surface area contributed by atoms with Crippen LogP contribution in [0, 0.1) is 0 Å². The Balaban J connectivity index is 3.86. The molecule has 0 atom stereocenters. The predicted molar refractivity (Wildman–Crippen MR) is 43.4 cm³/mol. The van der Waals surface area contributed by atoms with Crippen molar-refractivity contribution in [2.45, 2.75) is 20.8 Å². The van der Waals surface area contributed by atoms with Gasteiger partial charge < -0.3 is 0 Å². The first-order valence-electron chi connectivity index (χ1n) is 3.13. The van der Waals surface area contributed by atoms with Crippen molar-refractivity contribution in [1.29, 1.82) is 0 Å². The molecule has 0 heterocycles. The average Bonchev–Trinajstić information content (AvgIpc) is 1.83. The number of hydrogen-bond donors (Lipinski definition) is 0. The zero-order chi connectivity index (χ0) is 7.28. The first-order chi connectivity index (χ1) is 4.16. The van der Waals surface area contributed by atoms with Crippen LogP contribution < -0.4 is 0 Å².